The highest BCUT2D eigenvalue weighted by molar-refractivity contribution is 6.74. The quantitative estimate of drug-likeness (QED) is 0.192. The second-order valence-electron chi connectivity index (χ2n) is 10.1. The van der Waals surface area contributed by atoms with E-state index < -0.39 is 20.2 Å². The highest BCUT2D eigenvalue weighted by atomic mass is 28.4. The summed E-state index contributed by atoms with van der Waals surface area (Å²) in [6.45, 7) is 13.7. The fraction of sp³-hybridized carbons (Fsp3) is 0.680. The Morgan fingerprint density at radius 1 is 1.17 bits per heavy atom. The Bertz CT molecular complexity index is 718. The first-order chi connectivity index (χ1) is 14.0. The van der Waals surface area contributed by atoms with E-state index in [4.69, 9.17) is 9.16 Å². The molecule has 1 aliphatic carbocycles. The summed E-state index contributed by atoms with van der Waals surface area (Å²) in [4.78, 5) is 24.3. The maximum atomic E-state index is 12.2. The van der Waals surface area contributed by atoms with E-state index in [0.717, 1.165) is 18.4 Å². The molecule has 1 saturated carbocycles. The molecule has 0 saturated heterocycles. The van der Waals surface area contributed by atoms with Gasteiger partial charge >= 0.3 is 5.97 Å². The number of benzene rings is 1. The van der Waals surface area contributed by atoms with Gasteiger partial charge in [-0.15, -0.1) is 0 Å². The second kappa shape index (κ2) is 10.2. The van der Waals surface area contributed by atoms with Gasteiger partial charge in [0.25, 0.3) is 0 Å². The predicted molar refractivity (Wildman–Crippen MR) is 124 cm³/mol. The van der Waals surface area contributed by atoms with Gasteiger partial charge < -0.3 is 9.16 Å². The monoisotopic (exact) mass is 432 g/mol. The van der Waals surface area contributed by atoms with Crippen molar-refractivity contribution in [2.24, 2.45) is 5.92 Å². The molecule has 0 heterocycles. The lowest BCUT2D eigenvalue weighted by atomic mass is 9.87. The van der Waals surface area contributed by atoms with E-state index in [1.165, 1.54) is 25.5 Å². The smallest absolute Gasteiger partial charge is 0.316 e. The van der Waals surface area contributed by atoms with Gasteiger partial charge in [0.2, 0.25) is 0 Å². The zero-order valence-corrected chi connectivity index (χ0v) is 20.9. The zero-order valence-electron chi connectivity index (χ0n) is 19.9. The maximum absolute atomic E-state index is 12.2. The fourth-order valence-corrected chi connectivity index (χ4v) is 5.31. The summed E-state index contributed by atoms with van der Waals surface area (Å²) in [5.41, 5.74) is 2.23. The molecule has 1 aromatic rings. The molecule has 1 fully saturated rings. The Morgan fingerprint density at radius 2 is 1.80 bits per heavy atom. The van der Waals surface area contributed by atoms with E-state index in [2.05, 4.69) is 65.1 Å². The Balaban J connectivity index is 2.24. The van der Waals surface area contributed by atoms with Crippen LogP contribution in [0.25, 0.3) is 0 Å². The lowest BCUT2D eigenvalue weighted by Crippen LogP contribution is -2.41. The average molecular weight is 433 g/mol. The van der Waals surface area contributed by atoms with Crippen LogP contribution in [0.15, 0.2) is 24.3 Å². The average Bonchev–Trinajstić information content (AvgIpc) is 3.07. The predicted octanol–water partition coefficient (Wildman–Crippen LogP) is 6.57. The Labute approximate surface area is 183 Å². The van der Waals surface area contributed by atoms with Gasteiger partial charge in [0, 0.05) is 12.3 Å². The summed E-state index contributed by atoms with van der Waals surface area (Å²) in [5, 5.41) is 0.161. The molecule has 3 atom stereocenters. The van der Waals surface area contributed by atoms with Crippen molar-refractivity contribution in [2.45, 2.75) is 96.4 Å². The molecule has 0 N–H and O–H groups in total. The van der Waals surface area contributed by atoms with Crippen molar-refractivity contribution in [1.82, 2.24) is 0 Å². The summed E-state index contributed by atoms with van der Waals surface area (Å²) >= 11 is 0. The van der Waals surface area contributed by atoms with Gasteiger partial charge in [-0.05, 0) is 42.1 Å². The van der Waals surface area contributed by atoms with Crippen molar-refractivity contribution in [1.29, 1.82) is 0 Å². The van der Waals surface area contributed by atoms with Crippen LogP contribution >= 0.6 is 0 Å². The van der Waals surface area contributed by atoms with Gasteiger partial charge in [0.1, 0.15) is 11.7 Å². The summed E-state index contributed by atoms with van der Waals surface area (Å²) in [6, 6.07) is 8.43. The zero-order chi connectivity index (χ0) is 22.5. The third-order valence-corrected chi connectivity index (χ3v) is 11.4. The number of Topliss-reactive ketones (excluding diaryl/α,β-unsaturated/α-hetero) is 1. The molecule has 0 amide bonds. The number of carbonyl (C=O) groups is 2. The molecule has 0 radical (unpaired) electrons. The van der Waals surface area contributed by atoms with E-state index in [-0.39, 0.29) is 22.8 Å². The molecule has 0 aliphatic heterocycles. The SMILES string of the molecule is CCCCCC(O[Si](C)(C)C(C)(C)C)c1ccc(C2CCC(=O)C2C(=O)OC)cc1. The van der Waals surface area contributed by atoms with E-state index in [1.54, 1.807) is 0 Å². The first-order valence-electron chi connectivity index (χ1n) is 11.4. The highest BCUT2D eigenvalue weighted by Gasteiger charge is 2.42. The van der Waals surface area contributed by atoms with E-state index >= 15 is 0 Å². The van der Waals surface area contributed by atoms with Crippen molar-refractivity contribution < 1.29 is 18.8 Å². The molecule has 3 unspecified atom stereocenters. The number of ether oxygens (including phenoxy) is 1. The molecule has 4 nitrogen and oxygen atoms in total. The van der Waals surface area contributed by atoms with Crippen LogP contribution in [0, 0.1) is 5.92 Å². The lowest BCUT2D eigenvalue weighted by Gasteiger charge is -2.39. The van der Waals surface area contributed by atoms with E-state index in [9.17, 15) is 9.59 Å². The Hall–Kier alpha value is -1.46. The standard InChI is InChI=1S/C25H40O4Si/c1-8-9-10-11-22(29-30(6,7)25(2,3)4)19-14-12-18(13-15-19)20-16-17-21(26)23(20)24(27)28-5/h12-15,20,22-23H,8-11,16-17H2,1-7H3. The van der Waals surface area contributed by atoms with Crippen LogP contribution in [0.2, 0.25) is 18.1 Å². The second-order valence-corrected chi connectivity index (χ2v) is 14.9. The molecular weight excluding hydrogens is 392 g/mol. The van der Waals surface area contributed by atoms with Gasteiger partial charge in [0.05, 0.1) is 13.2 Å². The molecule has 168 valence electrons. The van der Waals surface area contributed by atoms with Crippen LogP contribution in [0.3, 0.4) is 0 Å². The van der Waals surface area contributed by atoms with Crippen LogP contribution in [-0.4, -0.2) is 27.2 Å². The van der Waals surface area contributed by atoms with Crippen molar-refractivity contribution in [2.75, 3.05) is 7.11 Å². The lowest BCUT2D eigenvalue weighted by molar-refractivity contribution is -0.148. The summed E-state index contributed by atoms with van der Waals surface area (Å²) < 4.78 is 11.7. The Kier molecular flexibility index (Phi) is 8.46. The number of carbonyl (C=O) groups excluding carboxylic acids is 2. The van der Waals surface area contributed by atoms with Crippen LogP contribution in [0.5, 0.6) is 0 Å². The maximum Gasteiger partial charge on any atom is 0.316 e. The number of hydrogen-bond acceptors (Lipinski definition) is 4. The number of hydrogen-bond donors (Lipinski definition) is 0. The van der Waals surface area contributed by atoms with Crippen LogP contribution in [0.4, 0.5) is 0 Å². The molecule has 1 aromatic carbocycles. The van der Waals surface area contributed by atoms with Gasteiger partial charge in [-0.25, -0.2) is 0 Å². The van der Waals surface area contributed by atoms with Crippen LogP contribution in [-0.2, 0) is 18.8 Å². The first-order valence-corrected chi connectivity index (χ1v) is 14.3. The minimum absolute atomic E-state index is 0.00497. The summed E-state index contributed by atoms with van der Waals surface area (Å²) in [6.07, 6.45) is 5.81. The highest BCUT2D eigenvalue weighted by Crippen LogP contribution is 2.42. The number of rotatable bonds is 9. The van der Waals surface area contributed by atoms with Crippen molar-refractivity contribution in [3.05, 3.63) is 35.4 Å². The number of unbranched alkanes of at least 4 members (excludes halogenated alkanes) is 2. The molecule has 1 aliphatic rings. The van der Waals surface area contributed by atoms with E-state index in [1.807, 2.05) is 0 Å². The number of methoxy groups -OCH3 is 1. The normalized spacial score (nSPS) is 21.0. The van der Waals surface area contributed by atoms with Crippen molar-refractivity contribution in [3.63, 3.8) is 0 Å². The van der Waals surface area contributed by atoms with Crippen LogP contribution in [0.1, 0.15) is 89.4 Å². The minimum Gasteiger partial charge on any atom is -0.468 e. The van der Waals surface area contributed by atoms with Gasteiger partial charge in [0.15, 0.2) is 8.32 Å². The molecule has 2 rings (SSSR count). The number of ketones is 1. The molecule has 5 heteroatoms. The Morgan fingerprint density at radius 3 is 2.33 bits per heavy atom. The number of esters is 1. The first kappa shape index (κ1) is 24.8. The largest absolute Gasteiger partial charge is 0.468 e. The molecule has 0 spiro atoms. The molecule has 30 heavy (non-hydrogen) atoms. The minimum atomic E-state index is -1.90. The topological polar surface area (TPSA) is 52.6 Å². The molecule has 0 aromatic heterocycles. The van der Waals surface area contributed by atoms with Gasteiger partial charge in [-0.2, -0.15) is 0 Å². The third kappa shape index (κ3) is 5.82. The summed E-state index contributed by atoms with van der Waals surface area (Å²) in [7, 11) is -0.542. The van der Waals surface area contributed by atoms with Gasteiger partial charge in [-0.1, -0.05) is 71.2 Å². The summed E-state index contributed by atoms with van der Waals surface area (Å²) in [5.74, 6) is -1.16. The van der Waals surface area contributed by atoms with Crippen molar-refractivity contribution in [3.8, 4) is 0 Å². The third-order valence-electron chi connectivity index (χ3n) is 6.96. The van der Waals surface area contributed by atoms with Crippen LogP contribution < -0.4 is 0 Å². The van der Waals surface area contributed by atoms with Crippen molar-refractivity contribution >= 4 is 20.1 Å². The molecule has 0 bridgehead atoms. The fourth-order valence-electron chi connectivity index (χ4n) is 3.99. The molecular formula is C25H40O4Si. The van der Waals surface area contributed by atoms with Gasteiger partial charge in [-0.3, -0.25) is 9.59 Å². The van der Waals surface area contributed by atoms with E-state index in [0.29, 0.717) is 12.8 Å².